The Balaban J connectivity index is 2.48. The van der Waals surface area contributed by atoms with Gasteiger partial charge in [-0.3, -0.25) is 0 Å². The summed E-state index contributed by atoms with van der Waals surface area (Å²) in [4.78, 5) is 0. The van der Waals surface area contributed by atoms with E-state index in [1.54, 1.807) is 0 Å². The van der Waals surface area contributed by atoms with Crippen molar-refractivity contribution in [2.24, 2.45) is 11.5 Å². The van der Waals surface area contributed by atoms with Crippen LogP contribution in [0.25, 0.3) is 10.8 Å². The zero-order chi connectivity index (χ0) is 13.7. The van der Waals surface area contributed by atoms with Crippen molar-refractivity contribution < 1.29 is 4.74 Å². The van der Waals surface area contributed by atoms with Crippen LogP contribution in [0.15, 0.2) is 36.4 Å². The summed E-state index contributed by atoms with van der Waals surface area (Å²) < 4.78 is 5.73. The second-order valence-corrected chi connectivity index (χ2v) is 4.67. The van der Waals surface area contributed by atoms with Crippen LogP contribution >= 0.6 is 0 Å². The molecule has 0 saturated heterocycles. The fourth-order valence-electron chi connectivity index (χ4n) is 2.42. The van der Waals surface area contributed by atoms with Crippen molar-refractivity contribution in [2.45, 2.75) is 25.8 Å². The molecule has 0 fully saturated rings. The molecule has 3 nitrogen and oxygen atoms in total. The van der Waals surface area contributed by atoms with E-state index in [4.69, 9.17) is 16.2 Å². The minimum absolute atomic E-state index is 0.0313. The van der Waals surface area contributed by atoms with Crippen LogP contribution in [-0.2, 0) is 0 Å². The van der Waals surface area contributed by atoms with Gasteiger partial charge in [0.05, 0.1) is 6.61 Å². The predicted octanol–water partition coefficient (Wildman–Crippen LogP) is 2.98. The quantitative estimate of drug-likeness (QED) is 0.837. The first kappa shape index (κ1) is 13.8. The lowest BCUT2D eigenvalue weighted by Gasteiger charge is -2.19. The fraction of sp³-hybridized carbons (Fsp3) is 0.375. The Morgan fingerprint density at radius 3 is 2.68 bits per heavy atom. The van der Waals surface area contributed by atoms with Gasteiger partial charge in [0, 0.05) is 11.6 Å². The van der Waals surface area contributed by atoms with E-state index in [1.807, 2.05) is 25.1 Å². The number of hydrogen-bond acceptors (Lipinski definition) is 3. The SMILES string of the molecule is CCOc1ccc2ccccc2c1[C@H](N)CCCN. The molecule has 0 amide bonds. The molecule has 0 saturated carbocycles. The van der Waals surface area contributed by atoms with Gasteiger partial charge in [-0.15, -0.1) is 0 Å². The minimum atomic E-state index is -0.0313. The van der Waals surface area contributed by atoms with Gasteiger partial charge in [-0.2, -0.15) is 0 Å². The van der Waals surface area contributed by atoms with Crippen molar-refractivity contribution in [1.29, 1.82) is 0 Å². The van der Waals surface area contributed by atoms with Crippen molar-refractivity contribution in [1.82, 2.24) is 0 Å². The smallest absolute Gasteiger partial charge is 0.124 e. The molecule has 0 spiro atoms. The summed E-state index contributed by atoms with van der Waals surface area (Å²) in [7, 11) is 0. The molecule has 2 aromatic carbocycles. The van der Waals surface area contributed by atoms with E-state index in [1.165, 1.54) is 10.8 Å². The molecule has 0 radical (unpaired) electrons. The van der Waals surface area contributed by atoms with E-state index >= 15 is 0 Å². The molecule has 0 heterocycles. The van der Waals surface area contributed by atoms with E-state index in [0.29, 0.717) is 13.2 Å². The molecule has 2 rings (SSSR count). The molecule has 102 valence electrons. The Morgan fingerprint density at radius 2 is 1.95 bits per heavy atom. The van der Waals surface area contributed by atoms with Crippen molar-refractivity contribution >= 4 is 10.8 Å². The van der Waals surface area contributed by atoms with E-state index in [-0.39, 0.29) is 6.04 Å². The number of benzene rings is 2. The topological polar surface area (TPSA) is 61.3 Å². The van der Waals surface area contributed by atoms with E-state index in [2.05, 4.69) is 18.2 Å². The zero-order valence-corrected chi connectivity index (χ0v) is 11.4. The first-order valence-corrected chi connectivity index (χ1v) is 6.88. The number of hydrogen-bond donors (Lipinski definition) is 2. The molecule has 0 aliphatic heterocycles. The van der Waals surface area contributed by atoms with Gasteiger partial charge in [0.15, 0.2) is 0 Å². The average molecular weight is 258 g/mol. The molecule has 0 aliphatic carbocycles. The molecule has 1 atom stereocenters. The van der Waals surface area contributed by atoms with Gasteiger partial charge in [-0.25, -0.2) is 0 Å². The molecule has 0 aromatic heterocycles. The highest BCUT2D eigenvalue weighted by atomic mass is 16.5. The zero-order valence-electron chi connectivity index (χ0n) is 11.4. The van der Waals surface area contributed by atoms with Crippen LogP contribution in [0.2, 0.25) is 0 Å². The third-order valence-electron chi connectivity index (χ3n) is 3.32. The first-order valence-electron chi connectivity index (χ1n) is 6.88. The molecule has 19 heavy (non-hydrogen) atoms. The monoisotopic (exact) mass is 258 g/mol. The summed E-state index contributed by atoms with van der Waals surface area (Å²) in [5, 5.41) is 2.38. The Bertz CT molecular complexity index is 539. The molecule has 3 heteroatoms. The van der Waals surface area contributed by atoms with Crippen LogP contribution in [0.3, 0.4) is 0 Å². The highest BCUT2D eigenvalue weighted by molar-refractivity contribution is 5.88. The summed E-state index contributed by atoms with van der Waals surface area (Å²) in [5.41, 5.74) is 13.0. The number of nitrogens with two attached hydrogens (primary N) is 2. The summed E-state index contributed by atoms with van der Waals surface area (Å²) >= 11 is 0. The van der Waals surface area contributed by atoms with E-state index < -0.39 is 0 Å². The van der Waals surface area contributed by atoms with Gasteiger partial charge in [0.25, 0.3) is 0 Å². The summed E-state index contributed by atoms with van der Waals surface area (Å²) in [5.74, 6) is 0.894. The molecule has 0 bridgehead atoms. The highest BCUT2D eigenvalue weighted by Gasteiger charge is 2.15. The third kappa shape index (κ3) is 3.06. The maximum Gasteiger partial charge on any atom is 0.124 e. The van der Waals surface area contributed by atoms with E-state index in [0.717, 1.165) is 24.2 Å². The standard InChI is InChI=1S/C16H22N2O/c1-2-19-15-10-9-12-6-3-4-7-13(12)16(15)14(18)8-5-11-17/h3-4,6-7,9-10,14H,2,5,8,11,17-18H2,1H3/t14-/m1/s1. The lowest BCUT2D eigenvalue weighted by Crippen LogP contribution is -2.14. The first-order chi connectivity index (χ1) is 9.27. The lowest BCUT2D eigenvalue weighted by molar-refractivity contribution is 0.334. The van der Waals surface area contributed by atoms with E-state index in [9.17, 15) is 0 Å². The lowest BCUT2D eigenvalue weighted by atomic mass is 9.95. The minimum Gasteiger partial charge on any atom is -0.494 e. The Labute approximate surface area is 114 Å². The molecular weight excluding hydrogens is 236 g/mol. The van der Waals surface area contributed by atoms with Crippen LogP contribution < -0.4 is 16.2 Å². The van der Waals surface area contributed by atoms with Crippen LogP contribution in [0.5, 0.6) is 5.75 Å². The van der Waals surface area contributed by atoms with Crippen molar-refractivity contribution in [3.63, 3.8) is 0 Å². The molecule has 4 N–H and O–H groups in total. The fourth-order valence-corrected chi connectivity index (χ4v) is 2.42. The largest absolute Gasteiger partial charge is 0.494 e. The van der Waals surface area contributed by atoms with Crippen molar-refractivity contribution in [3.05, 3.63) is 42.0 Å². The summed E-state index contributed by atoms with van der Waals surface area (Å²) in [6.07, 6.45) is 1.81. The second-order valence-electron chi connectivity index (χ2n) is 4.67. The van der Waals surface area contributed by atoms with Crippen LogP contribution in [-0.4, -0.2) is 13.2 Å². The summed E-state index contributed by atoms with van der Waals surface area (Å²) in [6.45, 7) is 3.31. The van der Waals surface area contributed by atoms with Gasteiger partial charge in [-0.1, -0.05) is 30.3 Å². The number of rotatable bonds is 6. The van der Waals surface area contributed by atoms with Gasteiger partial charge >= 0.3 is 0 Å². The Kier molecular flexibility index (Phi) is 4.77. The molecular formula is C16H22N2O. The molecule has 0 unspecified atom stereocenters. The maximum absolute atomic E-state index is 6.34. The predicted molar refractivity (Wildman–Crippen MR) is 80.3 cm³/mol. The Hall–Kier alpha value is -1.58. The number of ether oxygens (including phenoxy) is 1. The molecule has 0 aliphatic rings. The van der Waals surface area contributed by atoms with Crippen LogP contribution in [0.4, 0.5) is 0 Å². The van der Waals surface area contributed by atoms with Crippen molar-refractivity contribution in [3.8, 4) is 5.75 Å². The van der Waals surface area contributed by atoms with Gasteiger partial charge in [0.1, 0.15) is 5.75 Å². The van der Waals surface area contributed by atoms with Crippen molar-refractivity contribution in [2.75, 3.05) is 13.2 Å². The summed E-state index contributed by atoms with van der Waals surface area (Å²) in [6, 6.07) is 12.4. The second kappa shape index (κ2) is 6.55. The van der Waals surface area contributed by atoms with Gasteiger partial charge in [0.2, 0.25) is 0 Å². The highest BCUT2D eigenvalue weighted by Crippen LogP contribution is 2.33. The molecule has 2 aromatic rings. The van der Waals surface area contributed by atoms with Crippen LogP contribution in [0.1, 0.15) is 31.4 Å². The average Bonchev–Trinajstić information content (AvgIpc) is 2.45. The maximum atomic E-state index is 6.34. The van der Waals surface area contributed by atoms with Gasteiger partial charge < -0.3 is 16.2 Å². The third-order valence-corrected chi connectivity index (χ3v) is 3.32. The van der Waals surface area contributed by atoms with Crippen LogP contribution in [0, 0.1) is 0 Å². The Morgan fingerprint density at radius 1 is 1.16 bits per heavy atom. The normalized spacial score (nSPS) is 12.6. The number of fused-ring (bicyclic) bond motifs is 1. The van der Waals surface area contributed by atoms with Gasteiger partial charge in [-0.05, 0) is 43.1 Å².